The number of hydrogen-bond donors (Lipinski definition) is 0. The highest BCUT2D eigenvalue weighted by Gasteiger charge is 2.31. The van der Waals surface area contributed by atoms with Gasteiger partial charge in [0.2, 0.25) is 10.0 Å². The summed E-state index contributed by atoms with van der Waals surface area (Å²) >= 11 is 3.33. The molecule has 0 aliphatic rings. The van der Waals surface area contributed by atoms with Crippen LogP contribution in [0.25, 0.3) is 0 Å². The van der Waals surface area contributed by atoms with Crippen molar-refractivity contribution in [3.63, 3.8) is 0 Å². The Balaban J connectivity index is 3.23. The summed E-state index contributed by atoms with van der Waals surface area (Å²) in [7, 11) is -3.43. The van der Waals surface area contributed by atoms with Crippen molar-refractivity contribution in [1.29, 1.82) is 0 Å². The second-order valence-electron chi connectivity index (χ2n) is 4.80. The van der Waals surface area contributed by atoms with E-state index in [-0.39, 0.29) is 12.1 Å². The fourth-order valence-corrected chi connectivity index (χ4v) is 4.23. The van der Waals surface area contributed by atoms with E-state index in [0.717, 1.165) is 17.3 Å². The lowest BCUT2D eigenvalue weighted by Gasteiger charge is -2.32. The molecule has 0 saturated heterocycles. The van der Waals surface area contributed by atoms with E-state index in [1.165, 1.54) is 0 Å². The summed E-state index contributed by atoms with van der Waals surface area (Å²) in [5.74, 6) is 0. The van der Waals surface area contributed by atoms with E-state index in [0.29, 0.717) is 4.90 Å². The summed E-state index contributed by atoms with van der Waals surface area (Å²) in [6, 6.07) is 6.83. The third kappa shape index (κ3) is 3.80. The molecule has 0 saturated carbocycles. The molecule has 0 N–H and O–H groups in total. The molecule has 0 amide bonds. The number of nitrogens with zero attached hydrogens (tertiary/aromatic N) is 1. The predicted molar refractivity (Wildman–Crippen MR) is 82.7 cm³/mol. The average molecular weight is 348 g/mol. The normalized spacial score (nSPS) is 15.5. The molecule has 5 heteroatoms. The topological polar surface area (TPSA) is 37.4 Å². The number of benzene rings is 1. The molecule has 0 bridgehead atoms. The van der Waals surface area contributed by atoms with Crippen LogP contribution in [0.2, 0.25) is 0 Å². The molecule has 108 valence electrons. The zero-order chi connectivity index (χ0) is 14.6. The zero-order valence-corrected chi connectivity index (χ0v) is 14.3. The molecule has 0 aliphatic heterocycles. The first-order valence-electron chi connectivity index (χ1n) is 6.63. The number of halogens is 1. The van der Waals surface area contributed by atoms with Crippen LogP contribution >= 0.6 is 15.9 Å². The van der Waals surface area contributed by atoms with Gasteiger partial charge in [0.05, 0.1) is 4.90 Å². The van der Waals surface area contributed by atoms with E-state index in [9.17, 15) is 8.42 Å². The highest BCUT2D eigenvalue weighted by atomic mass is 79.9. The molecule has 0 heterocycles. The van der Waals surface area contributed by atoms with Crippen molar-refractivity contribution in [2.75, 3.05) is 0 Å². The molecule has 0 spiro atoms. The van der Waals surface area contributed by atoms with Crippen LogP contribution in [0.15, 0.2) is 33.6 Å². The maximum atomic E-state index is 12.8. The Hall–Kier alpha value is -0.390. The Morgan fingerprint density at radius 1 is 1.05 bits per heavy atom. The molecule has 1 rings (SSSR count). The van der Waals surface area contributed by atoms with Crippen molar-refractivity contribution in [2.24, 2.45) is 0 Å². The summed E-state index contributed by atoms with van der Waals surface area (Å²) in [6.07, 6.45) is 1.61. The minimum Gasteiger partial charge on any atom is -0.207 e. The van der Waals surface area contributed by atoms with Crippen molar-refractivity contribution in [3.8, 4) is 0 Å². The van der Waals surface area contributed by atoms with Crippen molar-refractivity contribution >= 4 is 26.0 Å². The van der Waals surface area contributed by atoms with Crippen LogP contribution in [0.4, 0.5) is 0 Å². The van der Waals surface area contributed by atoms with Crippen LogP contribution in [-0.2, 0) is 10.0 Å². The minimum atomic E-state index is -3.43. The van der Waals surface area contributed by atoms with E-state index < -0.39 is 10.0 Å². The Morgan fingerprint density at radius 3 is 1.84 bits per heavy atom. The average Bonchev–Trinajstić information content (AvgIpc) is 2.38. The monoisotopic (exact) mass is 347 g/mol. The van der Waals surface area contributed by atoms with Gasteiger partial charge in [-0.3, -0.25) is 0 Å². The molecule has 0 aliphatic carbocycles. The highest BCUT2D eigenvalue weighted by molar-refractivity contribution is 9.10. The molecular weight excluding hydrogens is 326 g/mol. The molecule has 19 heavy (non-hydrogen) atoms. The van der Waals surface area contributed by atoms with Crippen molar-refractivity contribution < 1.29 is 8.42 Å². The van der Waals surface area contributed by atoms with Crippen LogP contribution in [0, 0.1) is 0 Å². The van der Waals surface area contributed by atoms with Crippen molar-refractivity contribution in [1.82, 2.24) is 4.31 Å². The summed E-state index contributed by atoms with van der Waals surface area (Å²) < 4.78 is 28.0. The fourth-order valence-electron chi connectivity index (χ4n) is 2.00. The maximum Gasteiger partial charge on any atom is 0.243 e. The Bertz CT molecular complexity index is 489. The number of hydrogen-bond acceptors (Lipinski definition) is 2. The molecule has 0 unspecified atom stereocenters. The van der Waals surface area contributed by atoms with E-state index >= 15 is 0 Å². The molecule has 1 aromatic carbocycles. The Kier molecular flexibility index (Phi) is 6.02. The molecule has 0 aromatic heterocycles. The lowest BCUT2D eigenvalue weighted by molar-refractivity contribution is 0.262. The van der Waals surface area contributed by atoms with Gasteiger partial charge in [-0.1, -0.05) is 29.8 Å². The standard InChI is InChI=1S/C14H22BrNO2S/c1-5-11(3)16(12(4)6-2)19(17,18)14-9-7-13(15)8-10-14/h7-12H,5-6H2,1-4H3/t11-,12-/m1/s1. The van der Waals surface area contributed by atoms with Gasteiger partial charge in [0, 0.05) is 16.6 Å². The van der Waals surface area contributed by atoms with Crippen LogP contribution in [-0.4, -0.2) is 24.8 Å². The van der Waals surface area contributed by atoms with Gasteiger partial charge in [-0.25, -0.2) is 8.42 Å². The molecular formula is C14H22BrNO2S. The summed E-state index contributed by atoms with van der Waals surface area (Å²) in [5.41, 5.74) is 0. The number of sulfonamides is 1. The van der Waals surface area contributed by atoms with Gasteiger partial charge in [0.25, 0.3) is 0 Å². The van der Waals surface area contributed by atoms with Gasteiger partial charge in [-0.15, -0.1) is 0 Å². The van der Waals surface area contributed by atoms with Crippen LogP contribution in [0.1, 0.15) is 40.5 Å². The van der Waals surface area contributed by atoms with E-state index in [2.05, 4.69) is 15.9 Å². The van der Waals surface area contributed by atoms with Gasteiger partial charge in [0.15, 0.2) is 0 Å². The molecule has 0 radical (unpaired) electrons. The quantitative estimate of drug-likeness (QED) is 0.778. The second kappa shape index (κ2) is 6.86. The first kappa shape index (κ1) is 16.7. The smallest absolute Gasteiger partial charge is 0.207 e. The van der Waals surface area contributed by atoms with Gasteiger partial charge >= 0.3 is 0 Å². The first-order chi connectivity index (χ1) is 8.84. The first-order valence-corrected chi connectivity index (χ1v) is 8.87. The Morgan fingerprint density at radius 2 is 1.47 bits per heavy atom. The van der Waals surface area contributed by atoms with Crippen molar-refractivity contribution in [2.45, 2.75) is 57.5 Å². The lowest BCUT2D eigenvalue weighted by Crippen LogP contribution is -2.44. The fraction of sp³-hybridized carbons (Fsp3) is 0.571. The highest BCUT2D eigenvalue weighted by Crippen LogP contribution is 2.24. The van der Waals surface area contributed by atoms with Gasteiger partial charge < -0.3 is 0 Å². The molecule has 2 atom stereocenters. The third-order valence-electron chi connectivity index (χ3n) is 3.44. The SMILES string of the molecule is CC[C@@H](C)N([C@H](C)CC)S(=O)(=O)c1ccc(Br)cc1. The minimum absolute atomic E-state index is 0.00333. The third-order valence-corrected chi connectivity index (χ3v) is 6.11. The van der Waals surface area contributed by atoms with Gasteiger partial charge in [-0.05, 0) is 51.0 Å². The summed E-state index contributed by atoms with van der Waals surface area (Å²) in [6.45, 7) is 7.94. The number of rotatable bonds is 6. The summed E-state index contributed by atoms with van der Waals surface area (Å²) in [5, 5.41) is 0. The molecule has 1 aromatic rings. The predicted octanol–water partition coefficient (Wildman–Crippen LogP) is 4.04. The largest absolute Gasteiger partial charge is 0.243 e. The van der Waals surface area contributed by atoms with Crippen molar-refractivity contribution in [3.05, 3.63) is 28.7 Å². The molecule has 3 nitrogen and oxygen atoms in total. The zero-order valence-electron chi connectivity index (χ0n) is 11.9. The summed E-state index contributed by atoms with van der Waals surface area (Å²) in [4.78, 5) is 0.358. The second-order valence-corrected chi connectivity index (χ2v) is 7.56. The van der Waals surface area contributed by atoms with Gasteiger partial charge in [-0.2, -0.15) is 4.31 Å². The van der Waals surface area contributed by atoms with Gasteiger partial charge in [0.1, 0.15) is 0 Å². The van der Waals surface area contributed by atoms with E-state index in [4.69, 9.17) is 0 Å². The lowest BCUT2D eigenvalue weighted by atomic mass is 10.2. The van der Waals surface area contributed by atoms with Crippen LogP contribution < -0.4 is 0 Å². The molecule has 0 fully saturated rings. The van der Waals surface area contributed by atoms with E-state index in [1.807, 2.05) is 27.7 Å². The Labute approximate surface area is 125 Å². The van der Waals surface area contributed by atoms with Crippen LogP contribution in [0.3, 0.4) is 0 Å². The van der Waals surface area contributed by atoms with E-state index in [1.54, 1.807) is 28.6 Å². The van der Waals surface area contributed by atoms with Crippen LogP contribution in [0.5, 0.6) is 0 Å². The maximum absolute atomic E-state index is 12.8.